The fourth-order valence-electron chi connectivity index (χ4n) is 2.23. The van der Waals surface area contributed by atoms with Crippen molar-refractivity contribution in [3.8, 4) is 0 Å². The molecule has 0 aliphatic carbocycles. The van der Waals surface area contributed by atoms with Crippen LogP contribution in [0.25, 0.3) is 0 Å². The summed E-state index contributed by atoms with van der Waals surface area (Å²) in [5.74, 6) is -0.639. The largest absolute Gasteiger partial charge is 0.322 e. The molecular weight excluding hydrogens is 411 g/mol. The molecule has 10 heteroatoms. The first-order valence-corrected chi connectivity index (χ1v) is 9.89. The van der Waals surface area contributed by atoms with Crippen molar-refractivity contribution in [1.82, 2.24) is 10.2 Å². The van der Waals surface area contributed by atoms with Gasteiger partial charge in [0.05, 0.1) is 11.8 Å². The fourth-order valence-corrected chi connectivity index (χ4v) is 3.70. The van der Waals surface area contributed by atoms with Gasteiger partial charge in [0.2, 0.25) is 0 Å². The molecule has 27 heavy (non-hydrogen) atoms. The third-order valence-electron chi connectivity index (χ3n) is 3.64. The van der Waals surface area contributed by atoms with Crippen LogP contribution < -0.4 is 10.0 Å². The summed E-state index contributed by atoms with van der Waals surface area (Å²) in [6, 6.07) is 11.1. The van der Waals surface area contributed by atoms with Crippen LogP contribution in [0, 0.1) is 6.92 Å². The fraction of sp³-hybridized carbons (Fsp3) is 0.0588. The van der Waals surface area contributed by atoms with E-state index >= 15 is 0 Å². The smallest absolute Gasteiger partial charge is 0.279 e. The number of aromatic amines is 1. The van der Waals surface area contributed by atoms with Crippen LogP contribution in [-0.4, -0.2) is 24.5 Å². The molecule has 0 saturated heterocycles. The van der Waals surface area contributed by atoms with E-state index in [1.165, 1.54) is 12.1 Å². The zero-order chi connectivity index (χ0) is 19.6. The Morgan fingerprint density at radius 1 is 1.07 bits per heavy atom. The Labute approximate surface area is 165 Å². The second kappa shape index (κ2) is 7.59. The predicted molar refractivity (Wildman–Crippen MR) is 105 cm³/mol. The van der Waals surface area contributed by atoms with Gasteiger partial charge in [0, 0.05) is 21.4 Å². The van der Waals surface area contributed by atoms with Crippen LogP contribution in [0.4, 0.5) is 11.4 Å². The molecule has 3 aromatic rings. The quantitative estimate of drug-likeness (QED) is 0.573. The van der Waals surface area contributed by atoms with E-state index in [0.29, 0.717) is 21.4 Å². The summed E-state index contributed by atoms with van der Waals surface area (Å²) in [6.45, 7) is 1.83. The number of nitrogens with one attached hydrogen (secondary N) is 3. The summed E-state index contributed by atoms with van der Waals surface area (Å²) >= 11 is 11.8. The molecule has 0 aliphatic heterocycles. The molecule has 2 aromatic carbocycles. The average Bonchev–Trinajstić information content (AvgIpc) is 3.11. The van der Waals surface area contributed by atoms with Crippen molar-refractivity contribution in [3.05, 3.63) is 69.8 Å². The Kier molecular flexibility index (Phi) is 5.41. The molecule has 1 amide bonds. The molecule has 1 heterocycles. The van der Waals surface area contributed by atoms with Gasteiger partial charge < -0.3 is 5.32 Å². The Morgan fingerprint density at radius 3 is 2.41 bits per heavy atom. The number of amides is 1. The summed E-state index contributed by atoms with van der Waals surface area (Å²) in [7, 11) is -4.06. The molecule has 0 saturated carbocycles. The van der Waals surface area contributed by atoms with Crippen LogP contribution in [0.5, 0.6) is 0 Å². The van der Waals surface area contributed by atoms with Gasteiger partial charge in [-0.1, -0.05) is 29.3 Å². The van der Waals surface area contributed by atoms with E-state index in [1.807, 2.05) is 6.92 Å². The molecule has 0 aliphatic rings. The number of hydrogen-bond donors (Lipinski definition) is 3. The second-order valence-corrected chi connectivity index (χ2v) is 8.11. The molecule has 0 unspecified atom stereocenters. The number of aryl methyl sites for hydroxylation is 1. The molecule has 3 N–H and O–H groups in total. The third-order valence-corrected chi connectivity index (χ3v) is 5.66. The third kappa shape index (κ3) is 4.41. The van der Waals surface area contributed by atoms with Crippen molar-refractivity contribution in [2.45, 2.75) is 11.9 Å². The summed E-state index contributed by atoms with van der Waals surface area (Å²) < 4.78 is 27.6. The molecule has 0 radical (unpaired) electrons. The van der Waals surface area contributed by atoms with E-state index < -0.39 is 15.9 Å². The van der Waals surface area contributed by atoms with Crippen molar-refractivity contribution in [1.29, 1.82) is 0 Å². The van der Waals surface area contributed by atoms with E-state index in [0.717, 1.165) is 11.8 Å². The summed E-state index contributed by atoms with van der Waals surface area (Å²) in [4.78, 5) is 12.5. The minimum atomic E-state index is -4.06. The maximum absolute atomic E-state index is 12.6. The number of rotatable bonds is 5. The highest BCUT2D eigenvalue weighted by molar-refractivity contribution is 7.92. The lowest BCUT2D eigenvalue weighted by molar-refractivity contribution is 0.102. The first-order valence-electron chi connectivity index (χ1n) is 7.65. The predicted octanol–water partition coefficient (Wildman–Crippen LogP) is 4.08. The number of hydrogen-bond acceptors (Lipinski definition) is 4. The molecule has 0 spiro atoms. The van der Waals surface area contributed by atoms with Crippen LogP contribution in [0.1, 0.15) is 15.9 Å². The molecule has 140 valence electrons. The monoisotopic (exact) mass is 424 g/mol. The number of nitrogens with zero attached hydrogens (tertiary/aromatic N) is 1. The highest BCUT2D eigenvalue weighted by Crippen LogP contribution is 2.23. The molecule has 0 fully saturated rings. The average molecular weight is 425 g/mol. The second-order valence-electron chi connectivity index (χ2n) is 5.64. The standard InChI is InChI=1S/C17H14Cl2N4O3S/c1-10-2-5-13(8-15(10)19)21-16(24)14-9-20-22-17(14)27(25,26)23-12-6-3-11(18)4-7-12/h2-9,23H,1H3,(H,20,22)(H,21,24). The normalized spacial score (nSPS) is 11.2. The number of H-pyrrole nitrogens is 1. The van der Waals surface area contributed by atoms with Gasteiger partial charge in [0.25, 0.3) is 15.9 Å². The Bertz CT molecular complexity index is 1100. The van der Waals surface area contributed by atoms with Gasteiger partial charge >= 0.3 is 0 Å². The van der Waals surface area contributed by atoms with Gasteiger partial charge in [-0.15, -0.1) is 0 Å². The number of sulfonamides is 1. The van der Waals surface area contributed by atoms with Crippen LogP contribution in [-0.2, 0) is 10.0 Å². The van der Waals surface area contributed by atoms with Crippen molar-refractivity contribution < 1.29 is 13.2 Å². The molecule has 7 nitrogen and oxygen atoms in total. The Hall–Kier alpha value is -2.55. The maximum Gasteiger partial charge on any atom is 0.279 e. The SMILES string of the molecule is Cc1ccc(NC(=O)c2cn[nH]c2S(=O)(=O)Nc2ccc(Cl)cc2)cc1Cl. The molecule has 0 bridgehead atoms. The first-order chi connectivity index (χ1) is 12.8. The Morgan fingerprint density at radius 2 is 1.74 bits per heavy atom. The minimum absolute atomic E-state index is 0.131. The molecule has 3 rings (SSSR count). The van der Waals surface area contributed by atoms with Crippen molar-refractivity contribution in [2.24, 2.45) is 0 Å². The topological polar surface area (TPSA) is 104 Å². The number of anilines is 2. The molecular formula is C17H14Cl2N4O3S. The lowest BCUT2D eigenvalue weighted by atomic mass is 10.2. The number of carbonyl (C=O) groups is 1. The zero-order valence-corrected chi connectivity index (χ0v) is 16.3. The molecule has 1 aromatic heterocycles. The van der Waals surface area contributed by atoms with Gasteiger partial charge in [-0.25, -0.2) is 0 Å². The maximum atomic E-state index is 12.6. The van der Waals surface area contributed by atoms with Gasteiger partial charge in [0.1, 0.15) is 0 Å². The number of carbonyl (C=O) groups excluding carboxylic acids is 1. The van der Waals surface area contributed by atoms with Crippen LogP contribution in [0.3, 0.4) is 0 Å². The van der Waals surface area contributed by atoms with Gasteiger partial charge in [0.15, 0.2) is 5.03 Å². The van der Waals surface area contributed by atoms with Gasteiger partial charge in [-0.3, -0.25) is 14.6 Å². The summed E-state index contributed by atoms with van der Waals surface area (Å²) in [5, 5.41) is 9.24. The number of halogens is 2. The lowest BCUT2D eigenvalue weighted by Crippen LogP contribution is -2.19. The van der Waals surface area contributed by atoms with E-state index in [-0.39, 0.29) is 10.6 Å². The number of benzene rings is 2. The van der Waals surface area contributed by atoms with Crippen molar-refractivity contribution in [2.75, 3.05) is 10.0 Å². The van der Waals surface area contributed by atoms with Crippen LogP contribution >= 0.6 is 23.2 Å². The Balaban J connectivity index is 1.84. The lowest BCUT2D eigenvalue weighted by Gasteiger charge is -2.09. The molecule has 0 atom stereocenters. The van der Waals surface area contributed by atoms with E-state index in [1.54, 1.807) is 30.3 Å². The van der Waals surface area contributed by atoms with Crippen LogP contribution in [0.2, 0.25) is 10.0 Å². The van der Waals surface area contributed by atoms with Crippen LogP contribution in [0.15, 0.2) is 53.7 Å². The summed E-state index contributed by atoms with van der Waals surface area (Å²) in [5.41, 5.74) is 1.46. The van der Waals surface area contributed by atoms with E-state index in [9.17, 15) is 13.2 Å². The summed E-state index contributed by atoms with van der Waals surface area (Å²) in [6.07, 6.45) is 1.14. The van der Waals surface area contributed by atoms with Crippen molar-refractivity contribution >= 4 is 50.5 Å². The van der Waals surface area contributed by atoms with Gasteiger partial charge in [-0.05, 0) is 48.9 Å². The van der Waals surface area contributed by atoms with Gasteiger partial charge in [-0.2, -0.15) is 13.5 Å². The number of aromatic nitrogens is 2. The first kappa shape index (κ1) is 19.2. The highest BCUT2D eigenvalue weighted by Gasteiger charge is 2.25. The van der Waals surface area contributed by atoms with Crippen molar-refractivity contribution in [3.63, 3.8) is 0 Å². The van der Waals surface area contributed by atoms with E-state index in [4.69, 9.17) is 23.2 Å². The minimum Gasteiger partial charge on any atom is -0.322 e. The highest BCUT2D eigenvalue weighted by atomic mass is 35.5. The van der Waals surface area contributed by atoms with E-state index in [2.05, 4.69) is 20.2 Å². The zero-order valence-electron chi connectivity index (χ0n) is 14.0.